The van der Waals surface area contributed by atoms with E-state index in [0.29, 0.717) is 23.1 Å². The van der Waals surface area contributed by atoms with Gasteiger partial charge in [0.05, 0.1) is 6.04 Å². The summed E-state index contributed by atoms with van der Waals surface area (Å²) in [5.41, 5.74) is 8.05. The van der Waals surface area contributed by atoms with Crippen LogP contribution >= 0.6 is 0 Å². The summed E-state index contributed by atoms with van der Waals surface area (Å²) in [5, 5.41) is 7.13. The van der Waals surface area contributed by atoms with E-state index in [9.17, 15) is 4.79 Å². The van der Waals surface area contributed by atoms with Crippen molar-refractivity contribution in [3.05, 3.63) is 36.7 Å². The van der Waals surface area contributed by atoms with E-state index in [0.717, 1.165) is 37.9 Å². The van der Waals surface area contributed by atoms with Gasteiger partial charge in [-0.15, -0.1) is 0 Å². The lowest BCUT2D eigenvalue weighted by atomic mass is 9.81. The smallest absolute Gasteiger partial charge is 0.243 e. The summed E-state index contributed by atoms with van der Waals surface area (Å²) in [6.45, 7) is 24.2. The molecule has 5 nitrogen and oxygen atoms in total. The first-order valence-electron chi connectivity index (χ1n) is 13.2. The van der Waals surface area contributed by atoms with Crippen LogP contribution in [0.3, 0.4) is 0 Å². The summed E-state index contributed by atoms with van der Waals surface area (Å²) >= 11 is 0. The van der Waals surface area contributed by atoms with Gasteiger partial charge in [-0.3, -0.25) is 4.79 Å². The molecule has 4 N–H and O–H groups in total. The Morgan fingerprint density at radius 3 is 2.30 bits per heavy atom. The van der Waals surface area contributed by atoms with Crippen LogP contribution in [0.1, 0.15) is 92.4 Å². The van der Waals surface area contributed by atoms with Crippen molar-refractivity contribution >= 4 is 5.91 Å². The van der Waals surface area contributed by atoms with Gasteiger partial charge in [-0.2, -0.15) is 0 Å². The van der Waals surface area contributed by atoms with E-state index in [1.807, 2.05) is 6.92 Å². The molecule has 188 valence electrons. The fourth-order valence-electron chi connectivity index (χ4n) is 5.51. The summed E-state index contributed by atoms with van der Waals surface area (Å²) in [6.07, 6.45) is 10.6. The van der Waals surface area contributed by atoms with Crippen molar-refractivity contribution in [1.29, 1.82) is 0 Å². The number of nitrogens with one attached hydrogen (secondary N) is 2. The Morgan fingerprint density at radius 1 is 1.12 bits per heavy atom. The van der Waals surface area contributed by atoms with E-state index >= 15 is 0 Å². The maximum absolute atomic E-state index is 13.6. The lowest BCUT2D eigenvalue weighted by Gasteiger charge is -2.42. The van der Waals surface area contributed by atoms with Crippen LogP contribution in [0, 0.1) is 11.8 Å². The third kappa shape index (κ3) is 7.11. The lowest BCUT2D eigenvalue weighted by molar-refractivity contribution is -0.126. The van der Waals surface area contributed by atoms with Crippen LogP contribution in [0.4, 0.5) is 0 Å². The summed E-state index contributed by atoms with van der Waals surface area (Å²) in [5.74, 6) is 0.962. The van der Waals surface area contributed by atoms with Gasteiger partial charge in [0.1, 0.15) is 6.04 Å². The quantitative estimate of drug-likeness (QED) is 0.349. The molecule has 0 aromatic rings. The molecule has 0 aromatic carbocycles. The Labute approximate surface area is 203 Å². The van der Waals surface area contributed by atoms with Crippen molar-refractivity contribution in [3.8, 4) is 0 Å². The third-order valence-corrected chi connectivity index (χ3v) is 8.02. The minimum absolute atomic E-state index is 0.0269. The van der Waals surface area contributed by atoms with Crippen LogP contribution in [0.25, 0.3) is 0 Å². The summed E-state index contributed by atoms with van der Waals surface area (Å²) in [6, 6.07) is -0.234. The second-order valence-electron chi connectivity index (χ2n) is 11.0. The van der Waals surface area contributed by atoms with Gasteiger partial charge in [0.25, 0.3) is 0 Å². The number of carbonyl (C=O) groups is 1. The zero-order valence-corrected chi connectivity index (χ0v) is 22.0. The molecule has 2 rings (SSSR count). The normalized spacial score (nSPS) is 23.7. The van der Waals surface area contributed by atoms with Crippen molar-refractivity contribution in [2.24, 2.45) is 17.6 Å². The molecule has 0 spiro atoms. The largest absolute Gasteiger partial charge is 0.399 e. The molecule has 4 atom stereocenters. The van der Waals surface area contributed by atoms with Gasteiger partial charge in [0, 0.05) is 29.5 Å². The number of carbonyl (C=O) groups excluding carboxylic acids is 1. The molecule has 5 heteroatoms. The van der Waals surface area contributed by atoms with Crippen LogP contribution in [0.2, 0.25) is 0 Å². The molecule has 2 fully saturated rings. The Hall–Kier alpha value is -1.75. The molecule has 33 heavy (non-hydrogen) atoms. The van der Waals surface area contributed by atoms with Crippen LogP contribution in [0.15, 0.2) is 36.7 Å². The first-order valence-corrected chi connectivity index (χ1v) is 13.2. The fraction of sp³-hybridized carbons (Fsp3) is 0.750. The molecule has 3 unspecified atom stereocenters. The highest BCUT2D eigenvalue weighted by molar-refractivity contribution is 5.83. The van der Waals surface area contributed by atoms with E-state index < -0.39 is 0 Å². The predicted molar refractivity (Wildman–Crippen MR) is 141 cm³/mol. The molecule has 1 aliphatic heterocycles. The molecule has 1 amide bonds. The molecule has 1 saturated heterocycles. The lowest BCUT2D eigenvalue weighted by Crippen LogP contribution is -2.55. The van der Waals surface area contributed by atoms with Crippen LogP contribution < -0.4 is 16.4 Å². The second kappa shape index (κ2) is 12.1. The van der Waals surface area contributed by atoms with Gasteiger partial charge in [-0.25, -0.2) is 0 Å². The SMILES string of the molecule is C=C(N)C(=C)C(C)NC(=O)C1[C@@H](CCC)CCN1C(=C)C(NC(C)(C)CC)C1CCCCC1. The number of nitrogens with zero attached hydrogens (tertiary/aromatic N) is 1. The summed E-state index contributed by atoms with van der Waals surface area (Å²) in [4.78, 5) is 15.9. The molecule has 0 radical (unpaired) electrons. The van der Waals surface area contributed by atoms with E-state index in [1.165, 1.54) is 32.1 Å². The zero-order valence-electron chi connectivity index (χ0n) is 22.0. The fourth-order valence-corrected chi connectivity index (χ4v) is 5.51. The first-order chi connectivity index (χ1) is 15.5. The average Bonchev–Trinajstić information content (AvgIpc) is 3.21. The Bertz CT molecular complexity index is 707. The van der Waals surface area contributed by atoms with E-state index in [2.05, 4.69) is 63.0 Å². The highest BCUT2D eigenvalue weighted by Gasteiger charge is 2.43. The number of amides is 1. The van der Waals surface area contributed by atoms with Gasteiger partial charge in [0.15, 0.2) is 0 Å². The summed E-state index contributed by atoms with van der Waals surface area (Å²) < 4.78 is 0. The van der Waals surface area contributed by atoms with E-state index in [1.54, 1.807) is 0 Å². The standard InChI is InChI=1S/C28H50N4O/c1-9-14-24-17-18-32(26(24)27(33)30-21(5)19(3)20(4)29)22(6)25(31-28(7,8)10-2)23-15-12-11-13-16-23/h21,23-26,31H,3-4,6,9-18,29H2,1-2,5,7-8H3,(H,30,33)/t21?,24-,25?,26?/m0/s1. The van der Waals surface area contributed by atoms with E-state index in [4.69, 9.17) is 5.73 Å². The highest BCUT2D eigenvalue weighted by Crippen LogP contribution is 2.37. The monoisotopic (exact) mass is 458 g/mol. The molecule has 0 aromatic heterocycles. The van der Waals surface area contributed by atoms with Gasteiger partial charge in [-0.1, -0.05) is 59.3 Å². The van der Waals surface area contributed by atoms with Gasteiger partial charge >= 0.3 is 0 Å². The molecular formula is C28H50N4O. The van der Waals surface area contributed by atoms with Crippen molar-refractivity contribution < 1.29 is 4.79 Å². The van der Waals surface area contributed by atoms with Gasteiger partial charge in [-0.05, 0) is 70.3 Å². The number of hydrogen-bond acceptors (Lipinski definition) is 4. The van der Waals surface area contributed by atoms with Crippen molar-refractivity contribution in [2.75, 3.05) is 6.54 Å². The number of hydrogen-bond donors (Lipinski definition) is 3. The first kappa shape index (κ1) is 27.5. The molecule has 1 saturated carbocycles. The van der Waals surface area contributed by atoms with Crippen LogP contribution in [-0.4, -0.2) is 41.0 Å². The molecule has 1 heterocycles. The van der Waals surface area contributed by atoms with Crippen LogP contribution in [0.5, 0.6) is 0 Å². The Kier molecular flexibility index (Phi) is 10.1. The Morgan fingerprint density at radius 2 is 1.76 bits per heavy atom. The minimum atomic E-state index is -0.237. The maximum Gasteiger partial charge on any atom is 0.243 e. The maximum atomic E-state index is 13.6. The van der Waals surface area contributed by atoms with Crippen LogP contribution in [-0.2, 0) is 4.79 Å². The number of likely N-dealkylation sites (tertiary alicyclic amines) is 1. The van der Waals surface area contributed by atoms with Gasteiger partial charge in [0.2, 0.25) is 5.91 Å². The summed E-state index contributed by atoms with van der Waals surface area (Å²) in [7, 11) is 0. The van der Waals surface area contributed by atoms with Crippen molar-refractivity contribution in [1.82, 2.24) is 15.5 Å². The second-order valence-corrected chi connectivity index (χ2v) is 11.0. The zero-order chi connectivity index (χ0) is 24.8. The number of nitrogens with two attached hydrogens (primary N) is 1. The van der Waals surface area contributed by atoms with E-state index in [-0.39, 0.29) is 29.6 Å². The average molecular weight is 459 g/mol. The highest BCUT2D eigenvalue weighted by atomic mass is 16.2. The third-order valence-electron chi connectivity index (χ3n) is 8.02. The van der Waals surface area contributed by atoms with Crippen molar-refractivity contribution in [3.63, 3.8) is 0 Å². The number of rotatable bonds is 12. The predicted octanol–water partition coefficient (Wildman–Crippen LogP) is 5.25. The molecule has 1 aliphatic carbocycles. The topological polar surface area (TPSA) is 70.4 Å². The minimum Gasteiger partial charge on any atom is -0.399 e. The van der Waals surface area contributed by atoms with Gasteiger partial charge < -0.3 is 21.3 Å². The molecule has 2 aliphatic rings. The molecular weight excluding hydrogens is 408 g/mol. The Balaban J connectivity index is 2.29. The van der Waals surface area contributed by atoms with Crippen molar-refractivity contribution in [2.45, 2.75) is 116 Å². The molecule has 0 bridgehead atoms.